The summed E-state index contributed by atoms with van der Waals surface area (Å²) in [6.07, 6.45) is -0.548. The number of carbonyl (C=O) groups excluding carboxylic acids is 2. The molecule has 2 heterocycles. The molecule has 4 rings (SSSR count). The Kier molecular flexibility index (Phi) is 3.85. The van der Waals surface area contributed by atoms with E-state index in [4.69, 9.17) is 20.8 Å². The maximum Gasteiger partial charge on any atom is 0.291 e. The highest BCUT2D eigenvalue weighted by Crippen LogP contribution is 2.33. The topological polar surface area (TPSA) is 80.6 Å². The van der Waals surface area contributed by atoms with Crippen LogP contribution in [0, 0.1) is 6.92 Å². The predicted molar refractivity (Wildman–Crippen MR) is 99.1 cm³/mol. The summed E-state index contributed by atoms with van der Waals surface area (Å²) in [5.74, 6) is 0.163. The van der Waals surface area contributed by atoms with Crippen molar-refractivity contribution in [2.24, 2.45) is 0 Å². The molecular weight excluding hydrogens is 356 g/mol. The van der Waals surface area contributed by atoms with Crippen molar-refractivity contribution < 1.29 is 18.7 Å². The van der Waals surface area contributed by atoms with Crippen LogP contribution in [0.5, 0.6) is 5.75 Å². The molecule has 2 N–H and O–H groups in total. The smallest absolute Gasteiger partial charge is 0.291 e. The van der Waals surface area contributed by atoms with Crippen molar-refractivity contribution in [3.05, 3.63) is 52.7 Å². The summed E-state index contributed by atoms with van der Waals surface area (Å²) >= 11 is 6.01. The number of benzene rings is 2. The molecule has 1 aliphatic rings. The van der Waals surface area contributed by atoms with Gasteiger partial charge in [0.05, 0.1) is 5.69 Å². The second-order valence-electron chi connectivity index (χ2n) is 6.11. The maximum atomic E-state index is 12.6. The number of ether oxygens (including phenoxy) is 1. The van der Waals surface area contributed by atoms with Gasteiger partial charge in [-0.05, 0) is 50.2 Å². The SMILES string of the molecule is Cc1c(C(=O)Nc2ccc3c(c2)NC(=O)C(C)O3)oc2ccc(Cl)cc12. The van der Waals surface area contributed by atoms with E-state index in [0.29, 0.717) is 33.3 Å². The summed E-state index contributed by atoms with van der Waals surface area (Å²) in [7, 11) is 0. The molecule has 0 bridgehead atoms. The van der Waals surface area contributed by atoms with E-state index in [0.717, 1.165) is 5.39 Å². The van der Waals surface area contributed by atoms with Gasteiger partial charge in [-0.2, -0.15) is 0 Å². The van der Waals surface area contributed by atoms with Crippen LogP contribution in [-0.2, 0) is 4.79 Å². The summed E-state index contributed by atoms with van der Waals surface area (Å²) in [4.78, 5) is 24.4. The van der Waals surface area contributed by atoms with E-state index in [1.54, 1.807) is 50.2 Å². The molecule has 0 saturated carbocycles. The van der Waals surface area contributed by atoms with Crippen molar-refractivity contribution in [1.82, 2.24) is 0 Å². The standard InChI is InChI=1S/C19H15ClN2O4/c1-9-13-7-11(20)3-5-15(13)26-17(9)19(24)21-12-4-6-16-14(8-12)22-18(23)10(2)25-16/h3-8,10H,1-2H3,(H,21,24)(H,22,23). The minimum absolute atomic E-state index is 0.217. The number of furan rings is 1. The largest absolute Gasteiger partial charge is 0.479 e. The van der Waals surface area contributed by atoms with Gasteiger partial charge in [0.25, 0.3) is 11.8 Å². The monoisotopic (exact) mass is 370 g/mol. The first kappa shape index (κ1) is 16.5. The molecule has 3 aromatic rings. The highest BCUT2D eigenvalue weighted by atomic mass is 35.5. The number of aryl methyl sites for hydroxylation is 1. The van der Waals surface area contributed by atoms with Crippen LogP contribution in [-0.4, -0.2) is 17.9 Å². The predicted octanol–water partition coefficient (Wildman–Crippen LogP) is 4.37. The fourth-order valence-corrected chi connectivity index (χ4v) is 3.06. The van der Waals surface area contributed by atoms with Crippen LogP contribution in [0.2, 0.25) is 5.02 Å². The van der Waals surface area contributed by atoms with Crippen molar-refractivity contribution in [1.29, 1.82) is 0 Å². The quantitative estimate of drug-likeness (QED) is 0.702. The van der Waals surface area contributed by atoms with E-state index in [2.05, 4.69) is 10.6 Å². The van der Waals surface area contributed by atoms with E-state index in [1.165, 1.54) is 0 Å². The normalized spacial score (nSPS) is 16.0. The lowest BCUT2D eigenvalue weighted by Gasteiger charge is -2.23. The lowest BCUT2D eigenvalue weighted by molar-refractivity contribution is -0.122. The minimum Gasteiger partial charge on any atom is -0.479 e. The third-order valence-corrected chi connectivity index (χ3v) is 4.51. The van der Waals surface area contributed by atoms with Gasteiger partial charge >= 0.3 is 0 Å². The average Bonchev–Trinajstić information content (AvgIpc) is 2.93. The number of rotatable bonds is 2. The van der Waals surface area contributed by atoms with Crippen LogP contribution in [0.25, 0.3) is 11.0 Å². The molecular formula is C19H15ClN2O4. The summed E-state index contributed by atoms with van der Waals surface area (Å²) in [5.41, 5.74) is 2.34. The van der Waals surface area contributed by atoms with Crippen LogP contribution in [0.15, 0.2) is 40.8 Å². The highest BCUT2D eigenvalue weighted by molar-refractivity contribution is 6.31. The van der Waals surface area contributed by atoms with Gasteiger partial charge in [-0.25, -0.2) is 0 Å². The summed E-state index contributed by atoms with van der Waals surface area (Å²) in [6.45, 7) is 3.48. The molecule has 0 fully saturated rings. The van der Waals surface area contributed by atoms with Gasteiger partial charge in [0, 0.05) is 21.7 Å². The molecule has 26 heavy (non-hydrogen) atoms. The Labute approximate surface area is 154 Å². The third-order valence-electron chi connectivity index (χ3n) is 4.27. The molecule has 0 saturated heterocycles. The Bertz CT molecular complexity index is 1060. The van der Waals surface area contributed by atoms with Gasteiger partial charge in [-0.15, -0.1) is 0 Å². The van der Waals surface area contributed by atoms with E-state index < -0.39 is 6.10 Å². The Morgan fingerprint density at radius 1 is 1.23 bits per heavy atom. The number of anilines is 2. The van der Waals surface area contributed by atoms with E-state index in [1.807, 2.05) is 0 Å². The van der Waals surface area contributed by atoms with Gasteiger partial charge in [0.2, 0.25) is 0 Å². The van der Waals surface area contributed by atoms with Crippen molar-refractivity contribution >= 4 is 45.8 Å². The van der Waals surface area contributed by atoms with E-state index in [-0.39, 0.29) is 17.6 Å². The molecule has 1 aliphatic heterocycles. The molecule has 2 aromatic carbocycles. The third kappa shape index (κ3) is 2.78. The van der Waals surface area contributed by atoms with Gasteiger partial charge in [0.15, 0.2) is 11.9 Å². The first-order valence-corrected chi connectivity index (χ1v) is 8.42. The van der Waals surface area contributed by atoms with Crippen molar-refractivity contribution in [3.8, 4) is 5.75 Å². The molecule has 1 atom stereocenters. The second kappa shape index (κ2) is 6.07. The Balaban J connectivity index is 1.62. The number of hydrogen-bond donors (Lipinski definition) is 2. The maximum absolute atomic E-state index is 12.6. The van der Waals surface area contributed by atoms with Crippen molar-refractivity contribution in [3.63, 3.8) is 0 Å². The summed E-state index contributed by atoms with van der Waals surface area (Å²) in [5, 5.41) is 6.90. The molecule has 0 spiro atoms. The molecule has 132 valence electrons. The molecule has 1 unspecified atom stereocenters. The number of fused-ring (bicyclic) bond motifs is 2. The van der Waals surface area contributed by atoms with E-state index in [9.17, 15) is 9.59 Å². The van der Waals surface area contributed by atoms with Crippen molar-refractivity contribution in [2.45, 2.75) is 20.0 Å². The molecule has 2 amide bonds. The lowest BCUT2D eigenvalue weighted by Crippen LogP contribution is -2.34. The molecule has 0 aliphatic carbocycles. The zero-order valence-electron chi connectivity index (χ0n) is 14.1. The summed E-state index contributed by atoms with van der Waals surface area (Å²) < 4.78 is 11.2. The average molecular weight is 371 g/mol. The van der Waals surface area contributed by atoms with Crippen LogP contribution in [0.3, 0.4) is 0 Å². The first-order chi connectivity index (χ1) is 12.4. The number of halogens is 1. The van der Waals surface area contributed by atoms with Crippen LogP contribution >= 0.6 is 11.6 Å². The summed E-state index contributed by atoms with van der Waals surface area (Å²) in [6, 6.07) is 10.3. The van der Waals surface area contributed by atoms with Crippen LogP contribution in [0.4, 0.5) is 11.4 Å². The molecule has 7 heteroatoms. The molecule has 6 nitrogen and oxygen atoms in total. The Morgan fingerprint density at radius 3 is 2.85 bits per heavy atom. The van der Waals surface area contributed by atoms with Gasteiger partial charge in [0.1, 0.15) is 11.3 Å². The fraction of sp³-hybridized carbons (Fsp3) is 0.158. The van der Waals surface area contributed by atoms with Crippen LogP contribution in [0.1, 0.15) is 23.0 Å². The minimum atomic E-state index is -0.548. The van der Waals surface area contributed by atoms with E-state index >= 15 is 0 Å². The number of amides is 2. The zero-order valence-corrected chi connectivity index (χ0v) is 14.8. The highest BCUT2D eigenvalue weighted by Gasteiger charge is 2.24. The number of carbonyl (C=O) groups is 2. The Morgan fingerprint density at radius 2 is 2.04 bits per heavy atom. The van der Waals surface area contributed by atoms with Crippen molar-refractivity contribution in [2.75, 3.05) is 10.6 Å². The van der Waals surface area contributed by atoms with Gasteiger partial charge < -0.3 is 19.8 Å². The second-order valence-corrected chi connectivity index (χ2v) is 6.55. The van der Waals surface area contributed by atoms with Gasteiger partial charge in [-0.3, -0.25) is 9.59 Å². The Hall–Kier alpha value is -2.99. The van der Waals surface area contributed by atoms with Gasteiger partial charge in [-0.1, -0.05) is 11.6 Å². The van der Waals surface area contributed by atoms with Crippen LogP contribution < -0.4 is 15.4 Å². The first-order valence-electron chi connectivity index (χ1n) is 8.04. The fourth-order valence-electron chi connectivity index (χ4n) is 2.88. The number of nitrogens with one attached hydrogen (secondary N) is 2. The molecule has 1 aromatic heterocycles. The number of hydrogen-bond acceptors (Lipinski definition) is 4. The lowest BCUT2D eigenvalue weighted by atomic mass is 10.1. The molecule has 0 radical (unpaired) electrons. The zero-order chi connectivity index (χ0) is 18.4.